The minimum atomic E-state index is -4.90. The first-order valence-electron chi connectivity index (χ1n) is 8.88. The maximum Gasteiger partial charge on any atom is 0.573 e. The number of sulfonamides is 1. The summed E-state index contributed by atoms with van der Waals surface area (Å²) in [7, 11) is -4.20. The molecular formula is C20H22F3NO5S. The van der Waals surface area contributed by atoms with Gasteiger partial charge < -0.3 is 9.84 Å². The van der Waals surface area contributed by atoms with Crippen molar-refractivity contribution in [1.82, 2.24) is 4.72 Å². The molecule has 0 aliphatic rings. The van der Waals surface area contributed by atoms with Crippen molar-refractivity contribution in [1.29, 1.82) is 0 Å². The zero-order valence-electron chi connectivity index (χ0n) is 16.5. The molecule has 0 aliphatic heterocycles. The Labute approximate surface area is 172 Å². The number of aliphatic carboxylic acids is 1. The topological polar surface area (TPSA) is 92.7 Å². The number of carbonyl (C=O) groups is 1. The van der Waals surface area contributed by atoms with Crippen LogP contribution < -0.4 is 9.46 Å². The third kappa shape index (κ3) is 6.74. The predicted molar refractivity (Wildman–Crippen MR) is 104 cm³/mol. The summed E-state index contributed by atoms with van der Waals surface area (Å²) >= 11 is 0. The fourth-order valence-electron chi connectivity index (χ4n) is 2.69. The Bertz CT molecular complexity index is 979. The summed E-state index contributed by atoms with van der Waals surface area (Å²) < 4.78 is 68.1. The molecule has 30 heavy (non-hydrogen) atoms. The second-order valence-electron chi connectivity index (χ2n) is 7.66. The molecule has 0 saturated carbocycles. The van der Waals surface area contributed by atoms with Crippen LogP contribution in [0.15, 0.2) is 53.4 Å². The Hall–Kier alpha value is -2.59. The lowest BCUT2D eigenvalue weighted by Gasteiger charge is -2.22. The van der Waals surface area contributed by atoms with Gasteiger partial charge in [-0.2, -0.15) is 0 Å². The van der Waals surface area contributed by atoms with Crippen LogP contribution in [-0.4, -0.2) is 25.9 Å². The maximum absolute atomic E-state index is 12.7. The lowest BCUT2D eigenvalue weighted by molar-refractivity contribution is -0.274. The third-order valence-corrected chi connectivity index (χ3v) is 5.71. The number of benzene rings is 2. The number of halogens is 3. The highest BCUT2D eigenvalue weighted by Gasteiger charge is 2.31. The lowest BCUT2D eigenvalue weighted by atomic mass is 9.86. The van der Waals surface area contributed by atoms with Crippen LogP contribution in [0.1, 0.15) is 44.4 Å². The van der Waals surface area contributed by atoms with Crippen molar-refractivity contribution in [2.24, 2.45) is 0 Å². The van der Waals surface area contributed by atoms with Crippen LogP contribution >= 0.6 is 0 Å². The van der Waals surface area contributed by atoms with Gasteiger partial charge in [-0.3, -0.25) is 4.79 Å². The van der Waals surface area contributed by atoms with Crippen LogP contribution in [0.4, 0.5) is 13.2 Å². The first-order chi connectivity index (χ1) is 13.7. The molecule has 0 bridgehead atoms. The average molecular weight is 445 g/mol. The number of hydrogen-bond donors (Lipinski definition) is 2. The molecule has 10 heteroatoms. The predicted octanol–water partition coefficient (Wildman–Crippen LogP) is 4.38. The second kappa shape index (κ2) is 8.65. The summed E-state index contributed by atoms with van der Waals surface area (Å²) in [4.78, 5) is 10.9. The molecule has 0 aromatic heterocycles. The van der Waals surface area contributed by atoms with Crippen LogP contribution in [0.3, 0.4) is 0 Å². The number of alkyl halides is 3. The number of ether oxygens (including phenoxy) is 1. The Morgan fingerprint density at radius 3 is 2.00 bits per heavy atom. The van der Waals surface area contributed by atoms with Crippen LogP contribution in [0, 0.1) is 0 Å². The van der Waals surface area contributed by atoms with Crippen molar-refractivity contribution in [2.45, 2.75) is 49.9 Å². The Kier molecular flexibility index (Phi) is 6.83. The molecule has 0 spiro atoms. The minimum Gasteiger partial charge on any atom is -0.481 e. The summed E-state index contributed by atoms with van der Waals surface area (Å²) in [5.74, 6) is -1.78. The van der Waals surface area contributed by atoms with Gasteiger partial charge in [0.05, 0.1) is 17.4 Å². The molecule has 0 fully saturated rings. The van der Waals surface area contributed by atoms with Gasteiger partial charge in [-0.1, -0.05) is 45.0 Å². The molecule has 1 atom stereocenters. The van der Waals surface area contributed by atoms with E-state index in [1.165, 1.54) is 0 Å². The standard InChI is InChI=1S/C20H22F3NO5S/c1-19(2,3)14-6-4-13(5-7-14)17(12-18(25)26)24-30(27,28)16-10-8-15(9-11-16)29-20(21,22)23/h4-11,17,24H,12H2,1-3H3,(H,25,26). The monoisotopic (exact) mass is 445 g/mol. The molecule has 164 valence electrons. The minimum absolute atomic E-state index is 0.138. The second-order valence-corrected chi connectivity index (χ2v) is 9.38. The first-order valence-corrected chi connectivity index (χ1v) is 10.4. The highest BCUT2D eigenvalue weighted by molar-refractivity contribution is 7.89. The van der Waals surface area contributed by atoms with Crippen molar-refractivity contribution in [3.8, 4) is 5.75 Å². The molecule has 0 radical (unpaired) electrons. The van der Waals surface area contributed by atoms with Crippen LogP contribution in [0.25, 0.3) is 0 Å². The molecule has 0 saturated heterocycles. The molecule has 0 heterocycles. The van der Waals surface area contributed by atoms with Crippen LogP contribution in [-0.2, 0) is 20.2 Å². The largest absolute Gasteiger partial charge is 0.573 e. The van der Waals surface area contributed by atoms with Crippen molar-refractivity contribution in [3.05, 3.63) is 59.7 Å². The fraction of sp³-hybridized carbons (Fsp3) is 0.350. The Morgan fingerprint density at radius 1 is 1.03 bits per heavy atom. The number of nitrogens with one attached hydrogen (secondary N) is 1. The van der Waals surface area contributed by atoms with Crippen molar-refractivity contribution in [2.75, 3.05) is 0 Å². The van der Waals surface area contributed by atoms with Gasteiger partial charge in [-0.25, -0.2) is 13.1 Å². The van der Waals surface area contributed by atoms with Crippen molar-refractivity contribution in [3.63, 3.8) is 0 Å². The molecule has 2 aromatic carbocycles. The summed E-state index contributed by atoms with van der Waals surface area (Å²) in [6.45, 7) is 6.02. The van der Waals surface area contributed by atoms with Gasteiger partial charge >= 0.3 is 12.3 Å². The summed E-state index contributed by atoms with van der Waals surface area (Å²) in [5.41, 5.74) is 1.30. The molecular weight excluding hydrogens is 423 g/mol. The third-order valence-electron chi connectivity index (χ3n) is 4.22. The molecule has 6 nitrogen and oxygen atoms in total. The quantitative estimate of drug-likeness (QED) is 0.660. The average Bonchev–Trinajstić information content (AvgIpc) is 2.59. The molecule has 2 aromatic rings. The number of hydrogen-bond acceptors (Lipinski definition) is 4. The number of carboxylic acid groups (broad SMARTS) is 1. The van der Waals surface area contributed by atoms with Crippen molar-refractivity contribution < 1.29 is 36.2 Å². The smallest absolute Gasteiger partial charge is 0.481 e. The summed E-state index contributed by atoms with van der Waals surface area (Å²) in [6.07, 6.45) is -5.41. The van der Waals surface area contributed by atoms with E-state index in [1.807, 2.05) is 20.8 Å². The van der Waals surface area contributed by atoms with Gasteiger partial charge in [0.1, 0.15) is 5.75 Å². The van der Waals surface area contributed by atoms with Gasteiger partial charge in [0.15, 0.2) is 0 Å². The van der Waals surface area contributed by atoms with Crippen LogP contribution in [0.5, 0.6) is 5.75 Å². The summed E-state index contributed by atoms with van der Waals surface area (Å²) in [6, 6.07) is 9.46. The molecule has 0 amide bonds. The van der Waals surface area contributed by atoms with Gasteiger partial charge in [0.2, 0.25) is 10.0 Å². The van der Waals surface area contributed by atoms with Gasteiger partial charge in [0, 0.05) is 0 Å². The highest BCUT2D eigenvalue weighted by atomic mass is 32.2. The summed E-state index contributed by atoms with van der Waals surface area (Å²) in [5, 5.41) is 9.18. The van der Waals surface area contributed by atoms with E-state index < -0.39 is 40.6 Å². The zero-order chi connectivity index (χ0) is 22.7. The van der Waals surface area contributed by atoms with E-state index in [0.717, 1.165) is 29.8 Å². The van der Waals surface area contributed by atoms with E-state index in [-0.39, 0.29) is 10.3 Å². The van der Waals surface area contributed by atoms with Gasteiger partial charge in [-0.05, 0) is 40.8 Å². The van der Waals surface area contributed by atoms with Gasteiger partial charge in [0.25, 0.3) is 0 Å². The van der Waals surface area contributed by atoms with E-state index in [2.05, 4.69) is 9.46 Å². The molecule has 2 N–H and O–H groups in total. The van der Waals surface area contributed by atoms with Gasteiger partial charge in [-0.15, -0.1) is 13.2 Å². The normalized spacial score (nSPS) is 13.7. The van der Waals surface area contributed by atoms with E-state index in [9.17, 15) is 31.5 Å². The van der Waals surface area contributed by atoms with Crippen LogP contribution in [0.2, 0.25) is 0 Å². The SMILES string of the molecule is CC(C)(C)c1ccc(C(CC(=O)O)NS(=O)(=O)c2ccc(OC(F)(F)F)cc2)cc1. The van der Waals surface area contributed by atoms with E-state index >= 15 is 0 Å². The first kappa shape index (κ1) is 23.7. The van der Waals surface area contributed by atoms with E-state index in [4.69, 9.17) is 0 Å². The van der Waals surface area contributed by atoms with Crippen molar-refractivity contribution >= 4 is 16.0 Å². The Balaban J connectivity index is 2.27. The fourth-order valence-corrected chi connectivity index (χ4v) is 3.92. The van der Waals surface area contributed by atoms with E-state index in [1.54, 1.807) is 24.3 Å². The molecule has 2 rings (SSSR count). The Morgan fingerprint density at radius 2 is 1.57 bits per heavy atom. The molecule has 0 aliphatic carbocycles. The van der Waals surface area contributed by atoms with E-state index in [0.29, 0.717) is 5.56 Å². The number of carboxylic acids is 1. The zero-order valence-corrected chi connectivity index (χ0v) is 17.3. The lowest BCUT2D eigenvalue weighted by Crippen LogP contribution is -2.30. The molecule has 1 unspecified atom stereocenters. The highest BCUT2D eigenvalue weighted by Crippen LogP contribution is 2.27. The maximum atomic E-state index is 12.7. The number of rotatable bonds is 7.